The normalized spacial score (nSPS) is 11.5. The quantitative estimate of drug-likeness (QED) is 0.633. The van der Waals surface area contributed by atoms with Gasteiger partial charge in [0.05, 0.1) is 0 Å². The standard InChI is InChI=1S/C10H13Cl2N3/c1-14-10(13)15-6-5-7-8(11)3-2-4-9(7)12/h2-4H,5-6H2,1H3,(H3,13,14,15). The van der Waals surface area contributed by atoms with E-state index in [-0.39, 0.29) is 0 Å². The van der Waals surface area contributed by atoms with Crippen molar-refractivity contribution in [1.29, 1.82) is 0 Å². The van der Waals surface area contributed by atoms with Crippen molar-refractivity contribution in [2.45, 2.75) is 6.42 Å². The van der Waals surface area contributed by atoms with Crippen LogP contribution in [0.1, 0.15) is 5.56 Å². The zero-order chi connectivity index (χ0) is 11.3. The molecule has 0 amide bonds. The van der Waals surface area contributed by atoms with Crippen LogP contribution < -0.4 is 11.1 Å². The Balaban J connectivity index is 2.58. The molecule has 1 aromatic carbocycles. The smallest absolute Gasteiger partial charge is 0.188 e. The van der Waals surface area contributed by atoms with Crippen molar-refractivity contribution in [3.05, 3.63) is 33.8 Å². The Bertz CT molecular complexity index is 343. The molecule has 82 valence electrons. The molecular formula is C10H13Cl2N3. The van der Waals surface area contributed by atoms with Crippen LogP contribution in [0, 0.1) is 0 Å². The fourth-order valence-electron chi connectivity index (χ4n) is 1.17. The largest absolute Gasteiger partial charge is 0.370 e. The fraction of sp³-hybridized carbons (Fsp3) is 0.300. The molecule has 0 atom stereocenters. The predicted octanol–water partition coefficient (Wildman–Crippen LogP) is 2.07. The summed E-state index contributed by atoms with van der Waals surface area (Å²) in [5, 5.41) is 4.30. The molecule has 0 spiro atoms. The van der Waals surface area contributed by atoms with Gasteiger partial charge in [0.2, 0.25) is 0 Å². The Labute approximate surface area is 99.3 Å². The molecule has 0 heterocycles. The summed E-state index contributed by atoms with van der Waals surface area (Å²) in [5.41, 5.74) is 6.41. The first-order valence-electron chi connectivity index (χ1n) is 4.54. The van der Waals surface area contributed by atoms with E-state index in [0.717, 1.165) is 5.56 Å². The summed E-state index contributed by atoms with van der Waals surface area (Å²) < 4.78 is 0. The van der Waals surface area contributed by atoms with Crippen LogP contribution in [0.4, 0.5) is 0 Å². The van der Waals surface area contributed by atoms with Crippen LogP contribution in [0.5, 0.6) is 0 Å². The zero-order valence-electron chi connectivity index (χ0n) is 8.43. The Hall–Kier alpha value is -0.930. The summed E-state index contributed by atoms with van der Waals surface area (Å²) in [6.45, 7) is 0.659. The van der Waals surface area contributed by atoms with Gasteiger partial charge < -0.3 is 11.1 Å². The Morgan fingerprint density at radius 3 is 2.53 bits per heavy atom. The van der Waals surface area contributed by atoms with Crippen molar-refractivity contribution in [3.8, 4) is 0 Å². The minimum atomic E-state index is 0.415. The van der Waals surface area contributed by atoms with Crippen LogP contribution in [-0.4, -0.2) is 19.6 Å². The van der Waals surface area contributed by atoms with Crippen LogP contribution in [0.25, 0.3) is 0 Å². The third kappa shape index (κ3) is 3.61. The van der Waals surface area contributed by atoms with Gasteiger partial charge in [0, 0.05) is 23.6 Å². The number of hydrogen-bond acceptors (Lipinski definition) is 1. The summed E-state index contributed by atoms with van der Waals surface area (Å²) in [6.07, 6.45) is 0.717. The lowest BCUT2D eigenvalue weighted by molar-refractivity contribution is 0.857. The molecule has 0 radical (unpaired) electrons. The van der Waals surface area contributed by atoms with Crippen molar-refractivity contribution in [3.63, 3.8) is 0 Å². The highest BCUT2D eigenvalue weighted by Gasteiger charge is 2.04. The first-order valence-corrected chi connectivity index (χ1v) is 5.29. The van der Waals surface area contributed by atoms with E-state index in [1.165, 1.54) is 0 Å². The van der Waals surface area contributed by atoms with Crippen LogP contribution in [0.2, 0.25) is 10.0 Å². The van der Waals surface area contributed by atoms with Crippen LogP contribution >= 0.6 is 23.2 Å². The van der Waals surface area contributed by atoms with Gasteiger partial charge in [-0.05, 0) is 24.1 Å². The molecule has 0 aliphatic carbocycles. The van der Waals surface area contributed by atoms with E-state index in [4.69, 9.17) is 28.9 Å². The Morgan fingerprint density at radius 1 is 1.40 bits per heavy atom. The van der Waals surface area contributed by atoms with Gasteiger partial charge in [-0.15, -0.1) is 0 Å². The van der Waals surface area contributed by atoms with E-state index in [1.807, 2.05) is 18.2 Å². The first-order chi connectivity index (χ1) is 7.15. The molecule has 1 aromatic rings. The molecule has 0 aliphatic rings. The number of nitrogens with zero attached hydrogens (tertiary/aromatic N) is 1. The van der Waals surface area contributed by atoms with Crippen LogP contribution in [-0.2, 0) is 6.42 Å². The lowest BCUT2D eigenvalue weighted by atomic mass is 10.1. The minimum absolute atomic E-state index is 0.415. The summed E-state index contributed by atoms with van der Waals surface area (Å²) >= 11 is 12.0. The van der Waals surface area contributed by atoms with Gasteiger partial charge in [0.15, 0.2) is 5.96 Å². The fourth-order valence-corrected chi connectivity index (χ4v) is 1.75. The van der Waals surface area contributed by atoms with Crippen molar-refractivity contribution in [2.75, 3.05) is 13.6 Å². The maximum Gasteiger partial charge on any atom is 0.188 e. The van der Waals surface area contributed by atoms with E-state index in [2.05, 4.69) is 10.3 Å². The highest BCUT2D eigenvalue weighted by molar-refractivity contribution is 6.35. The summed E-state index contributed by atoms with van der Waals surface area (Å²) in [4.78, 5) is 3.78. The number of nitrogens with two attached hydrogens (primary N) is 1. The monoisotopic (exact) mass is 245 g/mol. The average molecular weight is 246 g/mol. The molecule has 0 unspecified atom stereocenters. The summed E-state index contributed by atoms with van der Waals surface area (Å²) in [6, 6.07) is 5.46. The highest BCUT2D eigenvalue weighted by Crippen LogP contribution is 2.24. The minimum Gasteiger partial charge on any atom is -0.370 e. The average Bonchev–Trinajstić information content (AvgIpc) is 2.22. The predicted molar refractivity (Wildman–Crippen MR) is 65.7 cm³/mol. The zero-order valence-corrected chi connectivity index (χ0v) is 9.94. The molecule has 0 aromatic heterocycles. The van der Waals surface area contributed by atoms with Crippen LogP contribution in [0.15, 0.2) is 23.2 Å². The van der Waals surface area contributed by atoms with Crippen molar-refractivity contribution >= 4 is 29.2 Å². The van der Waals surface area contributed by atoms with Gasteiger partial charge >= 0.3 is 0 Å². The number of nitrogens with one attached hydrogen (secondary N) is 1. The number of halogens is 2. The van der Waals surface area contributed by atoms with E-state index in [1.54, 1.807) is 7.05 Å². The molecule has 0 saturated heterocycles. The van der Waals surface area contributed by atoms with Crippen LogP contribution in [0.3, 0.4) is 0 Å². The van der Waals surface area contributed by atoms with Gasteiger partial charge in [-0.25, -0.2) is 0 Å². The molecule has 0 aliphatic heterocycles. The van der Waals surface area contributed by atoms with Gasteiger partial charge in [-0.3, -0.25) is 4.99 Å². The maximum atomic E-state index is 6.01. The third-order valence-electron chi connectivity index (χ3n) is 1.98. The van der Waals surface area contributed by atoms with Crippen molar-refractivity contribution < 1.29 is 0 Å². The lowest BCUT2D eigenvalue weighted by Gasteiger charge is -2.08. The molecule has 1 rings (SSSR count). The number of aliphatic imine (C=N–C) groups is 1. The molecule has 0 fully saturated rings. The molecular weight excluding hydrogens is 233 g/mol. The summed E-state index contributed by atoms with van der Waals surface area (Å²) in [5.74, 6) is 0.415. The third-order valence-corrected chi connectivity index (χ3v) is 2.69. The van der Waals surface area contributed by atoms with Crippen molar-refractivity contribution in [2.24, 2.45) is 10.7 Å². The maximum absolute atomic E-state index is 6.01. The van der Waals surface area contributed by atoms with E-state index >= 15 is 0 Å². The van der Waals surface area contributed by atoms with E-state index < -0.39 is 0 Å². The molecule has 3 nitrogen and oxygen atoms in total. The van der Waals surface area contributed by atoms with Gasteiger partial charge in [0.1, 0.15) is 0 Å². The first kappa shape index (κ1) is 12.1. The lowest BCUT2D eigenvalue weighted by Crippen LogP contribution is -2.32. The van der Waals surface area contributed by atoms with E-state index in [0.29, 0.717) is 29.0 Å². The van der Waals surface area contributed by atoms with Gasteiger partial charge in [-0.2, -0.15) is 0 Å². The molecule has 0 saturated carbocycles. The van der Waals surface area contributed by atoms with Gasteiger partial charge in [0.25, 0.3) is 0 Å². The molecule has 3 N–H and O–H groups in total. The SMILES string of the molecule is CN=C(N)NCCc1c(Cl)cccc1Cl. The Morgan fingerprint density at radius 2 is 2.00 bits per heavy atom. The number of hydrogen-bond donors (Lipinski definition) is 2. The number of guanidine groups is 1. The number of rotatable bonds is 3. The second-order valence-corrected chi connectivity index (χ2v) is 3.80. The van der Waals surface area contributed by atoms with Crippen molar-refractivity contribution in [1.82, 2.24) is 5.32 Å². The second-order valence-electron chi connectivity index (χ2n) is 2.99. The Kier molecular flexibility index (Phi) is 4.72. The summed E-state index contributed by atoms with van der Waals surface area (Å²) in [7, 11) is 1.63. The van der Waals surface area contributed by atoms with Gasteiger partial charge in [-0.1, -0.05) is 29.3 Å². The number of benzene rings is 1. The molecule has 0 bridgehead atoms. The topological polar surface area (TPSA) is 50.4 Å². The second kappa shape index (κ2) is 5.83. The molecule has 15 heavy (non-hydrogen) atoms. The van der Waals surface area contributed by atoms with E-state index in [9.17, 15) is 0 Å². The highest BCUT2D eigenvalue weighted by atomic mass is 35.5. The molecule has 5 heteroatoms.